The first-order valence-corrected chi connectivity index (χ1v) is 4.76. The lowest BCUT2D eigenvalue weighted by molar-refractivity contribution is -0.443. The minimum absolute atomic E-state index is 0.331. The van der Waals surface area contributed by atoms with E-state index in [1.807, 2.05) is 0 Å². The highest BCUT2D eigenvalue weighted by molar-refractivity contribution is 5.57. The van der Waals surface area contributed by atoms with Gasteiger partial charge in [0.2, 0.25) is 0 Å². The number of hydrogen-bond donors (Lipinski definition) is 0. The molecule has 0 N–H and O–H groups in total. The van der Waals surface area contributed by atoms with Crippen molar-refractivity contribution in [1.82, 2.24) is 0 Å². The van der Waals surface area contributed by atoms with E-state index in [-0.39, 0.29) is 0 Å². The van der Waals surface area contributed by atoms with Gasteiger partial charge in [-0.1, -0.05) is 0 Å². The average Bonchev–Trinajstić information content (AvgIpc) is 2.54. The molecule has 1 saturated heterocycles. The van der Waals surface area contributed by atoms with Gasteiger partial charge >= 0.3 is 0 Å². The van der Waals surface area contributed by atoms with E-state index in [1.54, 1.807) is 6.21 Å². The molecule has 68 valence electrons. The van der Waals surface area contributed by atoms with Crippen molar-refractivity contribution < 1.29 is 9.48 Å². The first-order valence-electron chi connectivity index (χ1n) is 4.76. The third kappa shape index (κ3) is 1.61. The van der Waals surface area contributed by atoms with Crippen LogP contribution in [-0.2, 0) is 4.74 Å². The summed E-state index contributed by atoms with van der Waals surface area (Å²) >= 11 is 0. The third-order valence-electron chi connectivity index (χ3n) is 2.73. The number of ether oxygens (including phenoxy) is 1. The zero-order valence-corrected chi connectivity index (χ0v) is 7.24. The summed E-state index contributed by atoms with van der Waals surface area (Å²) in [7, 11) is 0. The van der Waals surface area contributed by atoms with Crippen molar-refractivity contribution >= 4 is 6.21 Å². The van der Waals surface area contributed by atoms with Gasteiger partial charge in [-0.3, -0.25) is 0 Å². The number of hydroxylamine groups is 1. The van der Waals surface area contributed by atoms with Crippen LogP contribution in [0.25, 0.3) is 0 Å². The van der Waals surface area contributed by atoms with Crippen LogP contribution in [0.15, 0.2) is 0 Å². The standard InChI is InChI=1S/C9H15NO2/c11-10-5-4-8(7-10)9-3-1-2-6-12-9/h7-9H,1-6H2/t8-,9?/m0/s1. The van der Waals surface area contributed by atoms with Crippen LogP contribution in [0.1, 0.15) is 25.7 Å². The zero-order valence-electron chi connectivity index (χ0n) is 7.24. The third-order valence-corrected chi connectivity index (χ3v) is 2.73. The summed E-state index contributed by atoms with van der Waals surface area (Å²) < 4.78 is 6.66. The zero-order chi connectivity index (χ0) is 8.39. The fourth-order valence-corrected chi connectivity index (χ4v) is 2.02. The Kier molecular flexibility index (Phi) is 2.30. The van der Waals surface area contributed by atoms with Crippen molar-refractivity contribution in [3.8, 4) is 0 Å². The van der Waals surface area contributed by atoms with Crippen molar-refractivity contribution in [3.05, 3.63) is 5.21 Å². The van der Waals surface area contributed by atoms with Crippen LogP contribution in [0, 0.1) is 11.1 Å². The molecule has 12 heavy (non-hydrogen) atoms. The van der Waals surface area contributed by atoms with Crippen molar-refractivity contribution in [3.63, 3.8) is 0 Å². The normalized spacial score (nSPS) is 36.5. The van der Waals surface area contributed by atoms with E-state index < -0.39 is 0 Å². The highest BCUT2D eigenvalue weighted by Crippen LogP contribution is 2.23. The van der Waals surface area contributed by atoms with Gasteiger partial charge in [0.05, 0.1) is 12.0 Å². The molecule has 0 bridgehead atoms. The number of hydrogen-bond acceptors (Lipinski definition) is 2. The molecule has 0 spiro atoms. The summed E-state index contributed by atoms with van der Waals surface area (Å²) in [5, 5.41) is 10.9. The van der Waals surface area contributed by atoms with E-state index in [4.69, 9.17) is 4.74 Å². The Morgan fingerprint density at radius 1 is 1.33 bits per heavy atom. The van der Waals surface area contributed by atoms with Crippen LogP contribution in [0.3, 0.4) is 0 Å². The minimum atomic E-state index is 0.331. The Bertz CT molecular complexity index is 185. The Balaban J connectivity index is 1.91. The lowest BCUT2D eigenvalue weighted by atomic mass is 9.95. The average molecular weight is 169 g/mol. The molecule has 1 unspecified atom stereocenters. The van der Waals surface area contributed by atoms with Gasteiger partial charge in [-0.2, -0.15) is 0 Å². The van der Waals surface area contributed by atoms with Crippen LogP contribution >= 0.6 is 0 Å². The molecular formula is C9H15NO2. The SMILES string of the molecule is [O-][N+]1=C[C@@H](C2CCCCO2)CC1. The van der Waals surface area contributed by atoms with Gasteiger partial charge in [0, 0.05) is 13.0 Å². The first kappa shape index (κ1) is 8.05. The molecule has 2 aliphatic rings. The van der Waals surface area contributed by atoms with Crippen molar-refractivity contribution in [1.29, 1.82) is 0 Å². The molecule has 0 aromatic heterocycles. The Morgan fingerprint density at radius 3 is 2.83 bits per heavy atom. The van der Waals surface area contributed by atoms with Crippen LogP contribution in [-0.4, -0.2) is 30.2 Å². The summed E-state index contributed by atoms with van der Waals surface area (Å²) in [5.74, 6) is 0.391. The maximum absolute atomic E-state index is 10.9. The van der Waals surface area contributed by atoms with Crippen molar-refractivity contribution in [2.45, 2.75) is 31.8 Å². The topological polar surface area (TPSA) is 35.3 Å². The number of rotatable bonds is 1. The maximum atomic E-state index is 10.9. The second-order valence-electron chi connectivity index (χ2n) is 3.65. The quantitative estimate of drug-likeness (QED) is 0.436. The Hall–Kier alpha value is -0.570. The fraction of sp³-hybridized carbons (Fsp3) is 0.889. The van der Waals surface area contributed by atoms with Gasteiger partial charge in [-0.05, 0) is 19.3 Å². The highest BCUT2D eigenvalue weighted by Gasteiger charge is 2.29. The summed E-state index contributed by atoms with van der Waals surface area (Å²) in [6.07, 6.45) is 6.68. The minimum Gasteiger partial charge on any atom is -0.624 e. The second-order valence-corrected chi connectivity index (χ2v) is 3.65. The van der Waals surface area contributed by atoms with Crippen molar-refractivity contribution in [2.24, 2.45) is 5.92 Å². The van der Waals surface area contributed by atoms with Crippen LogP contribution in [0.2, 0.25) is 0 Å². The molecular weight excluding hydrogens is 154 g/mol. The van der Waals surface area contributed by atoms with Gasteiger partial charge < -0.3 is 9.94 Å². The molecule has 0 amide bonds. The van der Waals surface area contributed by atoms with E-state index in [0.29, 0.717) is 18.6 Å². The van der Waals surface area contributed by atoms with E-state index in [9.17, 15) is 5.21 Å². The maximum Gasteiger partial charge on any atom is 0.156 e. The molecule has 0 aromatic rings. The lowest BCUT2D eigenvalue weighted by Gasteiger charge is -2.24. The monoisotopic (exact) mass is 169 g/mol. The molecule has 2 heterocycles. The lowest BCUT2D eigenvalue weighted by Crippen LogP contribution is -2.27. The summed E-state index contributed by atoms with van der Waals surface area (Å²) in [6, 6.07) is 0. The predicted molar refractivity (Wildman–Crippen MR) is 46.3 cm³/mol. The van der Waals surface area contributed by atoms with Crippen LogP contribution in [0.5, 0.6) is 0 Å². The van der Waals surface area contributed by atoms with Gasteiger partial charge in [0.25, 0.3) is 0 Å². The molecule has 2 aliphatic heterocycles. The smallest absolute Gasteiger partial charge is 0.156 e. The first-order chi connectivity index (χ1) is 5.86. The number of nitrogens with zero attached hydrogens (tertiary/aromatic N) is 1. The molecule has 0 radical (unpaired) electrons. The summed E-state index contributed by atoms with van der Waals surface area (Å²) in [4.78, 5) is 0. The molecule has 0 aliphatic carbocycles. The largest absolute Gasteiger partial charge is 0.624 e. The Morgan fingerprint density at radius 2 is 2.25 bits per heavy atom. The molecule has 1 fully saturated rings. The van der Waals surface area contributed by atoms with E-state index in [0.717, 1.165) is 24.2 Å². The van der Waals surface area contributed by atoms with Gasteiger partial charge in [-0.25, -0.2) is 4.74 Å². The molecule has 3 heteroatoms. The van der Waals surface area contributed by atoms with E-state index >= 15 is 0 Å². The van der Waals surface area contributed by atoms with Gasteiger partial charge in [-0.15, -0.1) is 0 Å². The van der Waals surface area contributed by atoms with Gasteiger partial charge in [0.1, 0.15) is 0 Å². The summed E-state index contributed by atoms with van der Waals surface area (Å²) in [6.45, 7) is 1.54. The molecule has 2 atom stereocenters. The second kappa shape index (κ2) is 3.44. The Labute approximate surface area is 72.6 Å². The predicted octanol–water partition coefficient (Wildman–Crippen LogP) is 1.16. The van der Waals surface area contributed by atoms with Crippen LogP contribution in [0.4, 0.5) is 0 Å². The van der Waals surface area contributed by atoms with E-state index in [1.165, 1.54) is 12.8 Å². The molecule has 0 saturated carbocycles. The van der Waals surface area contributed by atoms with Crippen LogP contribution < -0.4 is 0 Å². The highest BCUT2D eigenvalue weighted by atomic mass is 16.5. The summed E-state index contributed by atoms with van der Waals surface area (Å²) in [5.41, 5.74) is 0. The van der Waals surface area contributed by atoms with Crippen molar-refractivity contribution in [2.75, 3.05) is 13.2 Å². The van der Waals surface area contributed by atoms with Gasteiger partial charge in [0.15, 0.2) is 12.8 Å². The fourth-order valence-electron chi connectivity index (χ4n) is 2.02. The molecule has 3 nitrogen and oxygen atoms in total. The molecule has 2 rings (SSSR count). The van der Waals surface area contributed by atoms with E-state index in [2.05, 4.69) is 0 Å². The molecule has 0 aromatic carbocycles.